The van der Waals surface area contributed by atoms with Crippen molar-refractivity contribution in [2.75, 3.05) is 21.3 Å². The van der Waals surface area contributed by atoms with Gasteiger partial charge in [0.15, 0.2) is 0 Å². The molecule has 2 aromatic rings. The highest BCUT2D eigenvalue weighted by atomic mass is 16.5. The summed E-state index contributed by atoms with van der Waals surface area (Å²) in [5.41, 5.74) is 3.60. The zero-order valence-corrected chi connectivity index (χ0v) is 16.3. The second-order valence-electron chi connectivity index (χ2n) is 6.03. The Morgan fingerprint density at radius 3 is 1.79 bits per heavy atom. The first-order valence-electron chi connectivity index (χ1n) is 8.89. The molecule has 0 spiro atoms. The van der Waals surface area contributed by atoms with Crippen molar-refractivity contribution >= 4 is 17.8 Å². The van der Waals surface area contributed by atoms with Crippen molar-refractivity contribution in [1.29, 1.82) is 0 Å². The second kappa shape index (κ2) is 10.8. The van der Waals surface area contributed by atoms with Crippen molar-refractivity contribution in [3.63, 3.8) is 0 Å². The van der Waals surface area contributed by atoms with Gasteiger partial charge in [-0.2, -0.15) is 0 Å². The minimum Gasteiger partial charge on any atom is -0.497 e. The standard InChI is InChI=1S/C22H25NO5/c1-26-19-11-7-16(8-12-19)22(17-9-13-20(27-2)14-10-17)18(15-23-25)5-4-6-21(24)28-3/h7-15,25H,4-6H2,1-3H3. The van der Waals surface area contributed by atoms with Gasteiger partial charge in [-0.1, -0.05) is 29.4 Å². The Kier molecular flexibility index (Phi) is 8.09. The minimum atomic E-state index is -0.268. The first-order chi connectivity index (χ1) is 13.6. The van der Waals surface area contributed by atoms with Crippen LogP contribution in [0.2, 0.25) is 0 Å². The van der Waals surface area contributed by atoms with E-state index in [-0.39, 0.29) is 12.4 Å². The number of benzene rings is 2. The molecule has 28 heavy (non-hydrogen) atoms. The van der Waals surface area contributed by atoms with Gasteiger partial charge in [-0.25, -0.2) is 0 Å². The molecule has 2 rings (SSSR count). The second-order valence-corrected chi connectivity index (χ2v) is 6.03. The van der Waals surface area contributed by atoms with Crippen LogP contribution in [0.25, 0.3) is 5.57 Å². The van der Waals surface area contributed by atoms with E-state index < -0.39 is 0 Å². The summed E-state index contributed by atoms with van der Waals surface area (Å²) in [5, 5.41) is 12.4. The van der Waals surface area contributed by atoms with Crippen molar-refractivity contribution < 1.29 is 24.2 Å². The zero-order chi connectivity index (χ0) is 20.4. The average Bonchev–Trinajstić information content (AvgIpc) is 2.74. The van der Waals surface area contributed by atoms with Crippen LogP contribution in [0.3, 0.4) is 0 Å². The number of carbonyl (C=O) groups is 1. The van der Waals surface area contributed by atoms with Crippen LogP contribution in [0, 0.1) is 0 Å². The molecule has 0 bridgehead atoms. The number of carbonyl (C=O) groups excluding carboxylic acids is 1. The lowest BCUT2D eigenvalue weighted by Crippen LogP contribution is -2.02. The fraction of sp³-hybridized carbons (Fsp3) is 0.273. The molecule has 6 nitrogen and oxygen atoms in total. The summed E-state index contributed by atoms with van der Waals surface area (Å²) in [6.07, 6.45) is 2.83. The van der Waals surface area contributed by atoms with Gasteiger partial charge < -0.3 is 19.4 Å². The summed E-state index contributed by atoms with van der Waals surface area (Å²) in [5.74, 6) is 1.23. The van der Waals surface area contributed by atoms with Gasteiger partial charge in [-0.15, -0.1) is 0 Å². The highest BCUT2D eigenvalue weighted by molar-refractivity contribution is 5.96. The predicted molar refractivity (Wildman–Crippen MR) is 108 cm³/mol. The monoisotopic (exact) mass is 383 g/mol. The molecule has 0 radical (unpaired) electrons. The van der Waals surface area contributed by atoms with Crippen molar-refractivity contribution in [2.24, 2.45) is 5.16 Å². The molecule has 0 atom stereocenters. The van der Waals surface area contributed by atoms with Crippen molar-refractivity contribution in [1.82, 2.24) is 0 Å². The Morgan fingerprint density at radius 2 is 1.39 bits per heavy atom. The highest BCUT2D eigenvalue weighted by Gasteiger charge is 2.13. The Bertz CT molecular complexity index is 774. The van der Waals surface area contributed by atoms with Crippen LogP contribution in [0.5, 0.6) is 11.5 Å². The first-order valence-corrected chi connectivity index (χ1v) is 8.89. The van der Waals surface area contributed by atoms with Gasteiger partial charge in [0.25, 0.3) is 0 Å². The molecule has 0 unspecified atom stereocenters. The van der Waals surface area contributed by atoms with Crippen molar-refractivity contribution in [3.8, 4) is 11.5 Å². The van der Waals surface area contributed by atoms with Gasteiger partial charge in [0.05, 0.1) is 27.5 Å². The Balaban J connectivity index is 2.50. The third-order valence-electron chi connectivity index (χ3n) is 4.35. The van der Waals surface area contributed by atoms with Crippen LogP contribution in [0.4, 0.5) is 0 Å². The summed E-state index contributed by atoms with van der Waals surface area (Å²) in [4.78, 5) is 11.5. The smallest absolute Gasteiger partial charge is 0.305 e. The topological polar surface area (TPSA) is 77.4 Å². The van der Waals surface area contributed by atoms with E-state index in [4.69, 9.17) is 14.2 Å². The molecular formula is C22H25NO5. The maximum absolute atomic E-state index is 11.5. The highest BCUT2D eigenvalue weighted by Crippen LogP contribution is 2.31. The quantitative estimate of drug-likeness (QED) is 0.302. The number of rotatable bonds is 9. The van der Waals surface area contributed by atoms with Crippen LogP contribution >= 0.6 is 0 Å². The zero-order valence-electron chi connectivity index (χ0n) is 16.3. The normalized spacial score (nSPS) is 10.5. The first kappa shape index (κ1) is 21.0. The van der Waals surface area contributed by atoms with Gasteiger partial charge in [-0.3, -0.25) is 4.79 Å². The SMILES string of the molecule is COC(=O)CCCC(C=NO)=C(c1ccc(OC)cc1)c1ccc(OC)cc1. The van der Waals surface area contributed by atoms with E-state index in [1.165, 1.54) is 13.3 Å². The van der Waals surface area contributed by atoms with Crippen LogP contribution < -0.4 is 9.47 Å². The van der Waals surface area contributed by atoms with E-state index in [9.17, 15) is 10.0 Å². The Hall–Kier alpha value is -3.28. The van der Waals surface area contributed by atoms with Gasteiger partial charge in [0.2, 0.25) is 0 Å². The molecular weight excluding hydrogens is 358 g/mol. The Labute approximate surface area is 165 Å². The number of methoxy groups -OCH3 is 3. The fourth-order valence-electron chi connectivity index (χ4n) is 2.90. The fourth-order valence-corrected chi connectivity index (χ4v) is 2.90. The maximum Gasteiger partial charge on any atom is 0.305 e. The lowest BCUT2D eigenvalue weighted by molar-refractivity contribution is -0.140. The summed E-state index contributed by atoms with van der Waals surface area (Å²) in [7, 11) is 4.60. The van der Waals surface area contributed by atoms with E-state index in [0.29, 0.717) is 12.8 Å². The van der Waals surface area contributed by atoms with Gasteiger partial charge >= 0.3 is 5.97 Å². The summed E-state index contributed by atoms with van der Waals surface area (Å²) >= 11 is 0. The number of esters is 1. The number of hydrogen-bond donors (Lipinski definition) is 1. The van der Waals surface area contributed by atoms with E-state index in [1.54, 1.807) is 14.2 Å². The van der Waals surface area contributed by atoms with Crippen LogP contribution in [-0.2, 0) is 9.53 Å². The lowest BCUT2D eigenvalue weighted by atomic mass is 9.91. The minimum absolute atomic E-state index is 0.268. The van der Waals surface area contributed by atoms with Crippen LogP contribution in [-0.4, -0.2) is 38.7 Å². The molecule has 0 saturated heterocycles. The maximum atomic E-state index is 11.5. The average molecular weight is 383 g/mol. The third kappa shape index (κ3) is 5.61. The largest absolute Gasteiger partial charge is 0.497 e. The molecule has 148 valence electrons. The molecule has 0 saturated carbocycles. The molecule has 0 aliphatic carbocycles. The lowest BCUT2D eigenvalue weighted by Gasteiger charge is -2.15. The summed E-state index contributed by atoms with van der Waals surface area (Å²) in [6, 6.07) is 15.3. The van der Waals surface area contributed by atoms with E-state index in [2.05, 4.69) is 5.16 Å². The van der Waals surface area contributed by atoms with Gasteiger partial charge in [0.1, 0.15) is 11.5 Å². The number of allylic oxidation sites excluding steroid dienone is 1. The van der Waals surface area contributed by atoms with E-state index in [0.717, 1.165) is 33.8 Å². The molecule has 6 heteroatoms. The van der Waals surface area contributed by atoms with E-state index >= 15 is 0 Å². The molecule has 0 aliphatic rings. The molecule has 2 aromatic carbocycles. The molecule has 0 amide bonds. The van der Waals surface area contributed by atoms with Gasteiger partial charge in [-0.05, 0) is 59.4 Å². The number of hydrogen-bond acceptors (Lipinski definition) is 6. The van der Waals surface area contributed by atoms with Crippen LogP contribution in [0.1, 0.15) is 30.4 Å². The summed E-state index contributed by atoms with van der Waals surface area (Å²) < 4.78 is 15.2. The molecule has 0 aromatic heterocycles. The summed E-state index contributed by atoms with van der Waals surface area (Å²) in [6.45, 7) is 0. The Morgan fingerprint density at radius 1 is 0.893 bits per heavy atom. The number of oxime groups is 1. The molecule has 0 heterocycles. The number of nitrogens with zero attached hydrogens (tertiary/aromatic N) is 1. The van der Waals surface area contributed by atoms with Crippen molar-refractivity contribution in [3.05, 3.63) is 65.2 Å². The third-order valence-corrected chi connectivity index (χ3v) is 4.35. The molecule has 0 aliphatic heterocycles. The molecule has 0 fully saturated rings. The van der Waals surface area contributed by atoms with E-state index in [1.807, 2.05) is 48.5 Å². The predicted octanol–water partition coefficient (Wildman–Crippen LogP) is 4.31. The van der Waals surface area contributed by atoms with Crippen molar-refractivity contribution in [2.45, 2.75) is 19.3 Å². The van der Waals surface area contributed by atoms with Gasteiger partial charge in [0, 0.05) is 6.42 Å². The van der Waals surface area contributed by atoms with Crippen LogP contribution in [0.15, 0.2) is 59.3 Å². The molecule has 1 N–H and O–H groups in total. The number of ether oxygens (including phenoxy) is 3.